The van der Waals surface area contributed by atoms with Crippen LogP contribution in [0.2, 0.25) is 5.02 Å². The van der Waals surface area contributed by atoms with Gasteiger partial charge in [-0.25, -0.2) is 8.42 Å². The first-order chi connectivity index (χ1) is 16.9. The predicted octanol–water partition coefficient (Wildman–Crippen LogP) is 4.57. The van der Waals surface area contributed by atoms with Crippen LogP contribution in [0.4, 0.5) is 5.69 Å². The summed E-state index contributed by atoms with van der Waals surface area (Å²) in [5.74, 6) is -0.382. The van der Waals surface area contributed by atoms with Crippen LogP contribution in [0, 0.1) is 6.92 Å². The lowest BCUT2D eigenvalue weighted by Gasteiger charge is -2.30. The summed E-state index contributed by atoms with van der Waals surface area (Å²) in [6.45, 7) is 7.99. The predicted molar refractivity (Wildman–Crippen MR) is 147 cm³/mol. The molecule has 2 aromatic rings. The molecular formula is C27H38ClN3O4S. The number of rotatable bonds is 13. The number of carbonyl (C=O) groups excluding carboxylic acids is 2. The fourth-order valence-electron chi connectivity index (χ4n) is 3.87. The molecule has 2 rings (SSSR count). The zero-order chi connectivity index (χ0) is 26.9. The van der Waals surface area contributed by atoms with Crippen LogP contribution in [0.1, 0.15) is 51.2 Å². The molecule has 0 aromatic heterocycles. The van der Waals surface area contributed by atoms with Gasteiger partial charge in [0, 0.05) is 30.6 Å². The molecule has 0 aliphatic heterocycles. The minimum atomic E-state index is -3.58. The van der Waals surface area contributed by atoms with Crippen molar-refractivity contribution in [2.75, 3.05) is 23.7 Å². The highest BCUT2D eigenvalue weighted by atomic mass is 35.5. The molecule has 0 unspecified atom stereocenters. The quantitative estimate of drug-likeness (QED) is 0.407. The highest BCUT2D eigenvalue weighted by Crippen LogP contribution is 2.26. The van der Waals surface area contributed by atoms with Crippen molar-refractivity contribution in [1.29, 1.82) is 0 Å². The van der Waals surface area contributed by atoms with Crippen molar-refractivity contribution in [1.82, 2.24) is 10.2 Å². The van der Waals surface area contributed by atoms with Crippen LogP contribution < -0.4 is 9.62 Å². The maximum atomic E-state index is 13.3. The van der Waals surface area contributed by atoms with E-state index in [9.17, 15) is 18.0 Å². The van der Waals surface area contributed by atoms with E-state index in [-0.39, 0.29) is 30.8 Å². The Labute approximate surface area is 220 Å². The van der Waals surface area contributed by atoms with E-state index in [0.717, 1.165) is 23.8 Å². The van der Waals surface area contributed by atoms with E-state index in [1.54, 1.807) is 30.0 Å². The summed E-state index contributed by atoms with van der Waals surface area (Å²) in [6, 6.07) is 14.3. The molecule has 36 heavy (non-hydrogen) atoms. The Kier molecular flexibility index (Phi) is 11.2. The van der Waals surface area contributed by atoms with Gasteiger partial charge in [-0.3, -0.25) is 13.9 Å². The van der Waals surface area contributed by atoms with E-state index >= 15 is 0 Å². The summed E-state index contributed by atoms with van der Waals surface area (Å²) >= 11 is 6.11. The standard InChI is InChI=1S/C27H38ClN3O4S/c1-6-21(3)29-27(33)22(4)30(18-16-23-11-8-7-9-12-23)26(32)13-10-17-31(36(5,34)35)25-19-24(28)15-14-20(25)2/h7-9,11-12,14-15,19,21-22H,6,10,13,16-18H2,1-5H3,(H,29,33)/t21-,22+/m1/s1. The lowest BCUT2D eigenvalue weighted by atomic mass is 10.1. The van der Waals surface area contributed by atoms with E-state index in [2.05, 4.69) is 5.32 Å². The number of anilines is 1. The van der Waals surface area contributed by atoms with Crippen molar-refractivity contribution < 1.29 is 18.0 Å². The van der Waals surface area contributed by atoms with Crippen LogP contribution in [-0.2, 0) is 26.0 Å². The van der Waals surface area contributed by atoms with Crippen molar-refractivity contribution >= 4 is 39.1 Å². The Hall–Kier alpha value is -2.58. The van der Waals surface area contributed by atoms with Gasteiger partial charge in [0.05, 0.1) is 11.9 Å². The SMILES string of the molecule is CC[C@@H](C)NC(=O)[C@H](C)N(CCc1ccccc1)C(=O)CCCN(c1cc(Cl)ccc1C)S(C)(=O)=O. The Balaban J connectivity index is 2.15. The summed E-state index contributed by atoms with van der Waals surface area (Å²) in [6.07, 6.45) is 2.97. The first-order valence-electron chi connectivity index (χ1n) is 12.3. The first-order valence-corrected chi connectivity index (χ1v) is 14.5. The summed E-state index contributed by atoms with van der Waals surface area (Å²) in [7, 11) is -3.58. The molecule has 0 fully saturated rings. The molecule has 0 radical (unpaired) electrons. The zero-order valence-corrected chi connectivity index (χ0v) is 23.4. The largest absolute Gasteiger partial charge is 0.352 e. The zero-order valence-electron chi connectivity index (χ0n) is 21.8. The van der Waals surface area contributed by atoms with Crippen LogP contribution in [0.5, 0.6) is 0 Å². The Morgan fingerprint density at radius 3 is 2.33 bits per heavy atom. The number of amides is 2. The molecule has 0 aliphatic carbocycles. The van der Waals surface area contributed by atoms with Crippen molar-refractivity contribution in [2.24, 2.45) is 0 Å². The topological polar surface area (TPSA) is 86.8 Å². The number of aryl methyl sites for hydroxylation is 1. The average molecular weight is 536 g/mol. The van der Waals surface area contributed by atoms with Crippen LogP contribution in [-0.4, -0.2) is 56.6 Å². The van der Waals surface area contributed by atoms with Crippen LogP contribution >= 0.6 is 11.6 Å². The van der Waals surface area contributed by atoms with Gasteiger partial charge in [0.1, 0.15) is 6.04 Å². The molecule has 7 nitrogen and oxygen atoms in total. The minimum absolute atomic E-state index is 0.00952. The van der Waals surface area contributed by atoms with E-state index < -0.39 is 16.1 Å². The van der Waals surface area contributed by atoms with Gasteiger partial charge in [0.2, 0.25) is 21.8 Å². The molecule has 0 saturated carbocycles. The van der Waals surface area contributed by atoms with E-state index in [4.69, 9.17) is 11.6 Å². The van der Waals surface area contributed by atoms with E-state index in [1.165, 1.54) is 4.31 Å². The molecule has 9 heteroatoms. The normalized spacial score (nSPS) is 13.1. The number of hydrogen-bond acceptors (Lipinski definition) is 4. The fraction of sp³-hybridized carbons (Fsp3) is 0.481. The maximum Gasteiger partial charge on any atom is 0.242 e. The minimum Gasteiger partial charge on any atom is -0.352 e. The number of nitrogens with zero attached hydrogens (tertiary/aromatic N) is 2. The Morgan fingerprint density at radius 2 is 1.72 bits per heavy atom. The van der Waals surface area contributed by atoms with Crippen LogP contribution in [0.15, 0.2) is 48.5 Å². The molecule has 0 bridgehead atoms. The van der Waals surface area contributed by atoms with Crippen molar-refractivity contribution in [3.63, 3.8) is 0 Å². The summed E-state index contributed by atoms with van der Waals surface area (Å²) < 4.78 is 26.3. The number of carbonyl (C=O) groups is 2. The summed E-state index contributed by atoms with van der Waals surface area (Å²) in [5, 5.41) is 3.40. The van der Waals surface area contributed by atoms with Gasteiger partial charge in [0.15, 0.2) is 0 Å². The van der Waals surface area contributed by atoms with Gasteiger partial charge in [0.25, 0.3) is 0 Å². The third-order valence-corrected chi connectivity index (χ3v) is 7.66. The molecule has 0 heterocycles. The monoisotopic (exact) mass is 535 g/mol. The smallest absolute Gasteiger partial charge is 0.242 e. The van der Waals surface area contributed by atoms with E-state index in [1.807, 2.05) is 51.1 Å². The summed E-state index contributed by atoms with van der Waals surface area (Å²) in [4.78, 5) is 27.7. The third-order valence-electron chi connectivity index (χ3n) is 6.24. The van der Waals surface area contributed by atoms with Gasteiger partial charge in [-0.15, -0.1) is 0 Å². The van der Waals surface area contributed by atoms with Crippen molar-refractivity contribution in [2.45, 2.75) is 65.5 Å². The molecule has 198 valence electrons. The van der Waals surface area contributed by atoms with Gasteiger partial charge < -0.3 is 10.2 Å². The molecule has 0 spiro atoms. The molecular weight excluding hydrogens is 498 g/mol. The average Bonchev–Trinajstić information content (AvgIpc) is 2.83. The summed E-state index contributed by atoms with van der Waals surface area (Å²) in [5.41, 5.74) is 2.35. The molecule has 2 atom stereocenters. The lowest BCUT2D eigenvalue weighted by molar-refractivity contribution is -0.140. The number of benzene rings is 2. The third kappa shape index (κ3) is 8.82. The Bertz CT molecular complexity index is 1130. The molecule has 1 N–H and O–H groups in total. The molecule has 0 saturated heterocycles. The number of hydrogen-bond donors (Lipinski definition) is 1. The fourth-order valence-corrected chi connectivity index (χ4v) is 5.05. The van der Waals surface area contributed by atoms with Crippen molar-refractivity contribution in [3.05, 3.63) is 64.7 Å². The number of nitrogens with one attached hydrogen (secondary N) is 1. The second-order valence-corrected chi connectivity index (χ2v) is 11.5. The number of sulfonamides is 1. The highest BCUT2D eigenvalue weighted by molar-refractivity contribution is 7.92. The van der Waals surface area contributed by atoms with Crippen molar-refractivity contribution in [3.8, 4) is 0 Å². The van der Waals surface area contributed by atoms with Gasteiger partial charge in [-0.2, -0.15) is 0 Å². The lowest BCUT2D eigenvalue weighted by Crippen LogP contribution is -2.50. The Morgan fingerprint density at radius 1 is 1.06 bits per heavy atom. The van der Waals surface area contributed by atoms with Gasteiger partial charge in [-0.1, -0.05) is 54.9 Å². The van der Waals surface area contributed by atoms with Crippen LogP contribution in [0.25, 0.3) is 0 Å². The molecule has 2 amide bonds. The highest BCUT2D eigenvalue weighted by Gasteiger charge is 2.27. The molecule has 0 aliphatic rings. The maximum absolute atomic E-state index is 13.3. The van der Waals surface area contributed by atoms with Crippen LogP contribution in [0.3, 0.4) is 0 Å². The first kappa shape index (κ1) is 29.6. The van der Waals surface area contributed by atoms with E-state index in [0.29, 0.717) is 30.1 Å². The van der Waals surface area contributed by atoms with Gasteiger partial charge >= 0.3 is 0 Å². The van der Waals surface area contributed by atoms with Gasteiger partial charge in [-0.05, 0) is 63.3 Å². The number of halogens is 1. The second kappa shape index (κ2) is 13.7. The molecule has 2 aromatic carbocycles. The second-order valence-electron chi connectivity index (χ2n) is 9.19.